The highest BCUT2D eigenvalue weighted by atomic mass is 16.5. The average Bonchev–Trinajstić information content (AvgIpc) is 3.26. The van der Waals surface area contributed by atoms with Crippen molar-refractivity contribution in [3.8, 4) is 11.1 Å². The quantitative estimate of drug-likeness (QED) is 0.607. The van der Waals surface area contributed by atoms with Crippen molar-refractivity contribution in [2.75, 3.05) is 44.4 Å². The monoisotopic (exact) mass is 436 g/mol. The number of hydrogen-bond acceptors (Lipinski definition) is 8. The molecule has 0 radical (unpaired) electrons. The molecule has 1 aromatic carbocycles. The van der Waals surface area contributed by atoms with Crippen LogP contribution in [0.2, 0.25) is 0 Å². The molecule has 9 heteroatoms. The predicted octanol–water partition coefficient (Wildman–Crippen LogP) is 2.49. The van der Waals surface area contributed by atoms with E-state index in [2.05, 4.69) is 48.0 Å². The Bertz CT molecular complexity index is 1110. The average molecular weight is 437 g/mol. The van der Waals surface area contributed by atoms with Crippen molar-refractivity contribution in [1.29, 1.82) is 0 Å². The molecule has 1 atom stereocenters. The van der Waals surface area contributed by atoms with Crippen LogP contribution in [0.4, 0.5) is 12.0 Å². The van der Waals surface area contributed by atoms with E-state index in [1.165, 1.54) is 0 Å². The van der Waals surface area contributed by atoms with Gasteiger partial charge in [-0.1, -0.05) is 43.3 Å². The summed E-state index contributed by atoms with van der Waals surface area (Å²) in [5, 5.41) is 4.33. The molecule has 3 heterocycles. The first-order chi connectivity index (χ1) is 15.1. The van der Waals surface area contributed by atoms with Crippen molar-refractivity contribution in [1.82, 2.24) is 20.1 Å². The first-order valence-electron chi connectivity index (χ1n) is 10.7. The summed E-state index contributed by atoms with van der Waals surface area (Å²) in [6.45, 7) is 8.07. The minimum absolute atomic E-state index is 0.129. The third-order valence-electron chi connectivity index (χ3n) is 6.72. The van der Waals surface area contributed by atoms with Crippen LogP contribution in [0.3, 0.4) is 0 Å². The molecule has 0 bridgehead atoms. The zero-order chi connectivity index (χ0) is 23.1. The van der Waals surface area contributed by atoms with Crippen LogP contribution in [0.1, 0.15) is 32.2 Å². The van der Waals surface area contributed by atoms with Gasteiger partial charge >= 0.3 is 11.9 Å². The molecule has 0 spiro atoms. The maximum atomic E-state index is 12.4. The Morgan fingerprint density at radius 2 is 1.78 bits per heavy atom. The van der Waals surface area contributed by atoms with Gasteiger partial charge in [0.05, 0.1) is 26.1 Å². The number of amides is 1. The number of nitrogens with zero attached hydrogens (tertiary/aromatic N) is 6. The Hall–Kier alpha value is -3.33. The summed E-state index contributed by atoms with van der Waals surface area (Å²) in [5.74, 6) is 1.20. The molecule has 1 fully saturated rings. The summed E-state index contributed by atoms with van der Waals surface area (Å²) >= 11 is 0. The largest absolute Gasteiger partial charge is 0.368 e. The second-order valence-corrected chi connectivity index (χ2v) is 9.39. The van der Waals surface area contributed by atoms with Crippen molar-refractivity contribution in [3.05, 3.63) is 48.0 Å². The summed E-state index contributed by atoms with van der Waals surface area (Å²) in [6, 6.07) is 8.62. The fourth-order valence-corrected chi connectivity index (χ4v) is 3.86. The molecule has 1 amide bonds. The van der Waals surface area contributed by atoms with Crippen LogP contribution < -0.4 is 10.6 Å². The molecule has 2 N–H and O–H groups in total. The standard InChI is InChI=1S/C23H30N7O2/c1-15(2)23(3,18-8-6-16(7-9-18)17-12-25-21(24)26-13-17)20-27-22(32-28-20)29-10-11-30(4,5)19(31)14-29/h6-9,12-13,15H,10-11,14H2,1-5H3,(H2,24,25,26)/q+1. The lowest BCUT2D eigenvalue weighted by Crippen LogP contribution is -2.59. The van der Waals surface area contributed by atoms with Gasteiger partial charge in [-0.2, -0.15) is 4.98 Å². The fraction of sp³-hybridized carbons (Fsp3) is 0.435. The van der Waals surface area contributed by atoms with Gasteiger partial charge in [0.15, 0.2) is 5.82 Å². The van der Waals surface area contributed by atoms with Crippen molar-refractivity contribution in [2.45, 2.75) is 26.2 Å². The maximum absolute atomic E-state index is 12.4. The molecule has 2 aromatic heterocycles. The fourth-order valence-electron chi connectivity index (χ4n) is 3.86. The molecular formula is C23H30N7O2+. The highest BCUT2D eigenvalue weighted by Crippen LogP contribution is 2.38. The zero-order valence-electron chi connectivity index (χ0n) is 19.2. The molecule has 32 heavy (non-hydrogen) atoms. The Morgan fingerprint density at radius 3 is 2.38 bits per heavy atom. The number of benzene rings is 1. The van der Waals surface area contributed by atoms with E-state index in [1.54, 1.807) is 12.4 Å². The van der Waals surface area contributed by atoms with Crippen LogP contribution in [0, 0.1) is 5.92 Å². The van der Waals surface area contributed by atoms with Crippen molar-refractivity contribution in [3.63, 3.8) is 0 Å². The number of hydrogen-bond donors (Lipinski definition) is 1. The van der Waals surface area contributed by atoms with Gasteiger partial charge in [0.2, 0.25) is 5.95 Å². The van der Waals surface area contributed by atoms with E-state index in [9.17, 15) is 4.79 Å². The van der Waals surface area contributed by atoms with E-state index in [0.717, 1.165) is 16.7 Å². The Morgan fingerprint density at radius 1 is 1.12 bits per heavy atom. The highest BCUT2D eigenvalue weighted by Gasteiger charge is 2.40. The Balaban J connectivity index is 1.62. The van der Waals surface area contributed by atoms with Crippen LogP contribution in [0.15, 0.2) is 41.2 Å². The summed E-state index contributed by atoms with van der Waals surface area (Å²) in [7, 11) is 3.85. The normalized spacial score (nSPS) is 18.1. The zero-order valence-corrected chi connectivity index (χ0v) is 19.2. The van der Waals surface area contributed by atoms with E-state index >= 15 is 0 Å². The SMILES string of the molecule is CC(C)C(C)(c1ccc(-c2cnc(N)nc2)cc1)c1noc(N2CC[N+](C)(C)C(=O)C2)n1. The number of quaternary nitrogens is 1. The van der Waals surface area contributed by atoms with Gasteiger partial charge in [-0.15, -0.1) is 0 Å². The smallest absolute Gasteiger partial charge is 0.332 e. The molecule has 1 saturated heterocycles. The van der Waals surface area contributed by atoms with Crippen LogP contribution >= 0.6 is 0 Å². The molecule has 3 aromatic rings. The predicted molar refractivity (Wildman–Crippen MR) is 122 cm³/mol. The second kappa shape index (κ2) is 7.98. The third kappa shape index (κ3) is 3.84. The molecule has 0 aliphatic carbocycles. The number of piperazine rings is 1. The number of nitrogens with two attached hydrogens (primary N) is 1. The molecule has 1 aliphatic rings. The highest BCUT2D eigenvalue weighted by molar-refractivity contribution is 5.75. The Kier molecular flexibility index (Phi) is 5.46. The summed E-state index contributed by atoms with van der Waals surface area (Å²) in [4.78, 5) is 27.2. The van der Waals surface area contributed by atoms with Gasteiger partial charge in [-0.05, 0) is 24.0 Å². The minimum Gasteiger partial charge on any atom is -0.368 e. The number of nitrogen functional groups attached to an aromatic ring is 1. The molecule has 0 saturated carbocycles. The van der Waals surface area contributed by atoms with Crippen molar-refractivity contribution >= 4 is 17.9 Å². The number of likely N-dealkylation sites (N-methyl/N-ethyl adjacent to an activating group) is 1. The number of rotatable bonds is 5. The van der Waals surface area contributed by atoms with Gasteiger partial charge < -0.3 is 15.2 Å². The molecule has 4 rings (SSSR count). The van der Waals surface area contributed by atoms with Crippen LogP contribution in [0.25, 0.3) is 11.1 Å². The van der Waals surface area contributed by atoms with Crippen LogP contribution in [-0.2, 0) is 10.2 Å². The summed E-state index contributed by atoms with van der Waals surface area (Å²) in [6.07, 6.45) is 3.43. The molecule has 168 valence electrons. The number of anilines is 2. The van der Waals surface area contributed by atoms with Crippen LogP contribution in [-0.4, -0.2) is 64.2 Å². The van der Waals surface area contributed by atoms with Gasteiger partial charge in [-0.3, -0.25) is 4.48 Å². The van der Waals surface area contributed by atoms with Gasteiger partial charge in [0, 0.05) is 18.0 Å². The van der Waals surface area contributed by atoms with E-state index in [0.29, 0.717) is 29.4 Å². The number of carbonyl (C=O) groups is 1. The molecule has 1 aliphatic heterocycles. The van der Waals surface area contributed by atoms with Gasteiger partial charge in [0.1, 0.15) is 13.1 Å². The van der Waals surface area contributed by atoms with Gasteiger partial charge in [-0.25, -0.2) is 14.8 Å². The van der Waals surface area contributed by atoms with E-state index < -0.39 is 5.41 Å². The number of aromatic nitrogens is 4. The maximum Gasteiger partial charge on any atom is 0.332 e. The molecule has 1 unspecified atom stereocenters. The lowest BCUT2D eigenvalue weighted by atomic mass is 9.72. The molecular weight excluding hydrogens is 406 g/mol. The van der Waals surface area contributed by atoms with E-state index in [4.69, 9.17) is 15.2 Å². The van der Waals surface area contributed by atoms with Crippen molar-refractivity contribution < 1.29 is 13.8 Å². The first-order valence-corrected chi connectivity index (χ1v) is 10.7. The summed E-state index contributed by atoms with van der Waals surface area (Å²) < 4.78 is 5.99. The third-order valence-corrected chi connectivity index (χ3v) is 6.72. The first kappa shape index (κ1) is 21.9. The summed E-state index contributed by atoms with van der Waals surface area (Å²) in [5.41, 5.74) is 8.10. The van der Waals surface area contributed by atoms with E-state index in [1.807, 2.05) is 31.1 Å². The van der Waals surface area contributed by atoms with Crippen molar-refractivity contribution in [2.24, 2.45) is 5.92 Å². The van der Waals surface area contributed by atoms with E-state index in [-0.39, 0.29) is 24.3 Å². The van der Waals surface area contributed by atoms with Crippen LogP contribution in [0.5, 0.6) is 0 Å². The van der Waals surface area contributed by atoms with Gasteiger partial charge in [0.25, 0.3) is 0 Å². The lowest BCUT2D eigenvalue weighted by molar-refractivity contribution is -0.814. The minimum atomic E-state index is -0.465. The second-order valence-electron chi connectivity index (χ2n) is 9.39. The molecule has 9 nitrogen and oxygen atoms in total. The topological polar surface area (TPSA) is 111 Å². The number of carbonyl (C=O) groups excluding carboxylic acids is 1. The Labute approximate surface area is 187 Å². The lowest BCUT2D eigenvalue weighted by Gasteiger charge is -2.35.